The molecule has 3 aliphatic rings. The first-order valence-electron chi connectivity index (χ1n) is 14.1. The lowest BCUT2D eigenvalue weighted by molar-refractivity contribution is -0.356. The molecule has 45 heavy (non-hydrogen) atoms. The molecule has 0 aliphatic carbocycles. The third-order valence-corrected chi connectivity index (χ3v) is 6.95. The van der Waals surface area contributed by atoms with Gasteiger partial charge in [0.05, 0.1) is 19.8 Å². The second-order valence-corrected chi connectivity index (χ2v) is 11.6. The molecule has 0 radical (unpaired) electrons. The molecule has 0 aromatic carbocycles. The van der Waals surface area contributed by atoms with Crippen LogP contribution in [0.4, 0.5) is 4.79 Å². The Morgan fingerprint density at radius 1 is 0.644 bits per heavy atom. The molecule has 3 rings (SSSR count). The van der Waals surface area contributed by atoms with Gasteiger partial charge in [-0.1, -0.05) is 0 Å². The minimum absolute atomic E-state index is 0.0552. The minimum atomic E-state index is -1.86. The van der Waals surface area contributed by atoms with Crippen molar-refractivity contribution in [3.8, 4) is 0 Å². The van der Waals surface area contributed by atoms with E-state index in [9.17, 15) is 55.5 Å². The van der Waals surface area contributed by atoms with Crippen molar-refractivity contribution < 1.29 is 93.4 Å². The van der Waals surface area contributed by atoms with Crippen LogP contribution in [-0.2, 0) is 42.7 Å². The average Bonchev–Trinajstić information content (AvgIpc) is 2.97. The Morgan fingerprint density at radius 2 is 1.07 bits per heavy atom. The molecule has 262 valence electrons. The van der Waals surface area contributed by atoms with Gasteiger partial charge in [0.2, 0.25) is 6.29 Å². The molecule has 0 aromatic rings. The predicted octanol–water partition coefficient (Wildman–Crippen LogP) is -5.89. The number of carbonyl (C=O) groups is 2. The first kappa shape index (κ1) is 37.6. The van der Waals surface area contributed by atoms with E-state index < -0.39 is 117 Å². The number of hydrogen-bond donors (Lipinski definition) is 10. The zero-order chi connectivity index (χ0) is 33.6. The van der Waals surface area contributed by atoms with Crippen LogP contribution in [0.25, 0.3) is 0 Å². The maximum atomic E-state index is 11.8. The number of hydrogen-bond acceptors (Lipinski definition) is 19. The van der Waals surface area contributed by atoms with Crippen molar-refractivity contribution in [2.75, 3.05) is 26.4 Å². The smallest absolute Gasteiger partial charge is 0.407 e. The number of nitrogens with one attached hydrogen (secondary N) is 1. The highest BCUT2D eigenvalue weighted by molar-refractivity contribution is 5.67. The number of amides is 1. The summed E-state index contributed by atoms with van der Waals surface area (Å²) in [6.07, 6.45) is -26.2. The van der Waals surface area contributed by atoms with E-state index in [-0.39, 0.29) is 19.6 Å². The SMILES string of the molecule is CC(C)(C)OC(=O)NCCOC1OC(COC2OC(COC3OC(OC=O)C(O)C(O)C3O)C(O)C(O)C2O)C(O)C(O)C1O. The number of alkyl carbamates (subject to hydrolysis) is 1. The summed E-state index contributed by atoms with van der Waals surface area (Å²) in [6.45, 7) is 3.48. The monoisotopic (exact) mass is 661 g/mol. The maximum Gasteiger partial charge on any atom is 0.407 e. The lowest BCUT2D eigenvalue weighted by atomic mass is 9.98. The number of aliphatic hydroxyl groups is 9. The Balaban J connectivity index is 1.54. The fraction of sp³-hybridized carbons (Fsp3) is 0.920. The number of carbonyl (C=O) groups excluding carboxylic acids is 2. The highest BCUT2D eigenvalue weighted by Crippen LogP contribution is 2.28. The summed E-state index contributed by atoms with van der Waals surface area (Å²) >= 11 is 0. The number of ether oxygens (including phenoxy) is 8. The summed E-state index contributed by atoms with van der Waals surface area (Å²) < 4.78 is 41.9. The Labute approximate surface area is 256 Å². The lowest BCUT2D eigenvalue weighted by Crippen LogP contribution is -2.62. The molecule has 3 fully saturated rings. The Morgan fingerprint density at radius 3 is 1.53 bits per heavy atom. The molecule has 20 heteroatoms. The summed E-state index contributed by atoms with van der Waals surface area (Å²) in [5, 5.41) is 94.5. The van der Waals surface area contributed by atoms with Crippen LogP contribution in [0.3, 0.4) is 0 Å². The van der Waals surface area contributed by atoms with Crippen molar-refractivity contribution >= 4 is 12.6 Å². The van der Waals surface area contributed by atoms with E-state index in [0.717, 1.165) is 0 Å². The second kappa shape index (κ2) is 16.3. The first-order chi connectivity index (χ1) is 21.0. The van der Waals surface area contributed by atoms with E-state index >= 15 is 0 Å². The van der Waals surface area contributed by atoms with E-state index in [2.05, 4.69) is 10.1 Å². The molecule has 3 aliphatic heterocycles. The van der Waals surface area contributed by atoms with Gasteiger partial charge in [-0.25, -0.2) is 4.79 Å². The van der Waals surface area contributed by atoms with Crippen molar-refractivity contribution in [3.63, 3.8) is 0 Å². The molecule has 3 saturated heterocycles. The molecule has 15 atom stereocenters. The van der Waals surface area contributed by atoms with Gasteiger partial charge in [-0.3, -0.25) is 4.79 Å². The largest absolute Gasteiger partial charge is 0.444 e. The predicted molar refractivity (Wildman–Crippen MR) is 139 cm³/mol. The molecule has 0 aromatic heterocycles. The van der Waals surface area contributed by atoms with E-state index in [0.29, 0.717) is 0 Å². The van der Waals surface area contributed by atoms with Gasteiger partial charge in [0.15, 0.2) is 18.9 Å². The topological polar surface area (TPSA) is 302 Å². The molecule has 0 spiro atoms. The van der Waals surface area contributed by atoms with Gasteiger partial charge in [-0.15, -0.1) is 0 Å². The van der Waals surface area contributed by atoms with Crippen LogP contribution in [0.1, 0.15) is 20.8 Å². The minimum Gasteiger partial charge on any atom is -0.444 e. The molecule has 0 bridgehead atoms. The zero-order valence-corrected chi connectivity index (χ0v) is 24.7. The molecular formula is C25H43NO19. The summed E-state index contributed by atoms with van der Waals surface area (Å²) in [4.78, 5) is 22.4. The van der Waals surface area contributed by atoms with Gasteiger partial charge in [-0.05, 0) is 20.8 Å². The molecule has 0 saturated carbocycles. The van der Waals surface area contributed by atoms with Gasteiger partial charge < -0.3 is 89.2 Å². The molecular weight excluding hydrogens is 618 g/mol. The third kappa shape index (κ3) is 9.82. The first-order valence-corrected chi connectivity index (χ1v) is 14.1. The van der Waals surface area contributed by atoms with Gasteiger partial charge in [-0.2, -0.15) is 0 Å². The van der Waals surface area contributed by atoms with Crippen LogP contribution in [0.15, 0.2) is 0 Å². The van der Waals surface area contributed by atoms with Crippen molar-refractivity contribution in [1.82, 2.24) is 5.32 Å². The van der Waals surface area contributed by atoms with Gasteiger partial charge in [0.25, 0.3) is 6.47 Å². The van der Waals surface area contributed by atoms with Crippen LogP contribution >= 0.6 is 0 Å². The standard InChI is InChI=1S/C25H43NO19/c1-25(2,3)45-24(37)26-4-5-38-20-16(33)13(30)11(28)9(42-20)6-39-21-17(34)14(31)12(29)10(43-21)7-40-22-18(35)15(32)19(36)23(44-22)41-8-27/h8-23,28-36H,4-7H2,1-3H3,(H,26,37). The van der Waals surface area contributed by atoms with E-state index in [1.54, 1.807) is 20.8 Å². The Hall–Kier alpha value is -1.86. The highest BCUT2D eigenvalue weighted by atomic mass is 16.8. The van der Waals surface area contributed by atoms with E-state index in [4.69, 9.17) is 33.2 Å². The van der Waals surface area contributed by atoms with Crippen LogP contribution in [0.5, 0.6) is 0 Å². The van der Waals surface area contributed by atoms with Gasteiger partial charge in [0.1, 0.15) is 72.7 Å². The molecule has 10 N–H and O–H groups in total. The lowest BCUT2D eigenvalue weighted by Gasteiger charge is -2.43. The fourth-order valence-corrected chi connectivity index (χ4v) is 4.53. The third-order valence-electron chi connectivity index (χ3n) is 6.95. The summed E-state index contributed by atoms with van der Waals surface area (Å²) in [7, 11) is 0. The van der Waals surface area contributed by atoms with Crippen LogP contribution < -0.4 is 5.32 Å². The summed E-state index contributed by atoms with van der Waals surface area (Å²) in [5.74, 6) is 0. The van der Waals surface area contributed by atoms with Crippen LogP contribution in [0.2, 0.25) is 0 Å². The Bertz CT molecular complexity index is 939. The quantitative estimate of drug-likeness (QED) is 0.0688. The van der Waals surface area contributed by atoms with Crippen LogP contribution in [-0.4, -0.2) is 183 Å². The van der Waals surface area contributed by atoms with Crippen molar-refractivity contribution in [2.24, 2.45) is 0 Å². The fourth-order valence-electron chi connectivity index (χ4n) is 4.53. The molecule has 1 amide bonds. The number of aliphatic hydroxyl groups excluding tert-OH is 9. The Kier molecular flexibility index (Phi) is 13.6. The van der Waals surface area contributed by atoms with Gasteiger partial charge >= 0.3 is 6.09 Å². The van der Waals surface area contributed by atoms with Crippen molar-refractivity contribution in [2.45, 2.75) is 119 Å². The van der Waals surface area contributed by atoms with E-state index in [1.165, 1.54) is 0 Å². The molecule has 3 heterocycles. The van der Waals surface area contributed by atoms with Gasteiger partial charge in [0, 0.05) is 6.54 Å². The second-order valence-electron chi connectivity index (χ2n) is 11.6. The van der Waals surface area contributed by atoms with Crippen LogP contribution in [0, 0.1) is 0 Å². The normalized spacial score (nSPS) is 42.5. The average molecular weight is 662 g/mol. The van der Waals surface area contributed by atoms with Crippen molar-refractivity contribution in [1.29, 1.82) is 0 Å². The zero-order valence-electron chi connectivity index (χ0n) is 24.7. The molecule has 15 unspecified atom stereocenters. The molecule has 20 nitrogen and oxygen atoms in total. The van der Waals surface area contributed by atoms with Crippen molar-refractivity contribution in [3.05, 3.63) is 0 Å². The maximum absolute atomic E-state index is 11.8. The summed E-state index contributed by atoms with van der Waals surface area (Å²) in [6, 6.07) is 0. The number of rotatable bonds is 12. The highest BCUT2D eigenvalue weighted by Gasteiger charge is 2.49. The summed E-state index contributed by atoms with van der Waals surface area (Å²) in [5.41, 5.74) is -0.727. The van der Waals surface area contributed by atoms with E-state index in [1.807, 2.05) is 0 Å².